The third-order valence-electron chi connectivity index (χ3n) is 3.22. The first-order valence-electron chi connectivity index (χ1n) is 6.43. The van der Waals surface area contributed by atoms with Gasteiger partial charge < -0.3 is 10.6 Å². The second-order valence-corrected chi connectivity index (χ2v) is 6.37. The van der Waals surface area contributed by atoms with Crippen molar-refractivity contribution < 1.29 is 18.0 Å². The van der Waals surface area contributed by atoms with Crippen molar-refractivity contribution in [3.63, 3.8) is 0 Å². The van der Waals surface area contributed by atoms with Gasteiger partial charge in [-0.3, -0.25) is 9.69 Å². The number of nitrogens with one attached hydrogen (secondary N) is 2. The minimum absolute atomic E-state index is 0. The van der Waals surface area contributed by atoms with Crippen LogP contribution in [0.3, 0.4) is 0 Å². The van der Waals surface area contributed by atoms with Crippen molar-refractivity contribution in [2.75, 3.05) is 32.7 Å². The van der Waals surface area contributed by atoms with Gasteiger partial charge in [-0.1, -0.05) is 11.6 Å². The Bertz CT molecular complexity index is 492. The molecular weight excluding hydrogens is 362 g/mol. The van der Waals surface area contributed by atoms with Crippen molar-refractivity contribution >= 4 is 41.3 Å². The van der Waals surface area contributed by atoms with Crippen molar-refractivity contribution in [3.8, 4) is 0 Å². The molecule has 1 amide bonds. The van der Waals surface area contributed by atoms with Crippen molar-refractivity contribution in [1.29, 1.82) is 0 Å². The Morgan fingerprint density at radius 1 is 1.41 bits per heavy atom. The summed E-state index contributed by atoms with van der Waals surface area (Å²) >= 11 is 6.74. The molecule has 1 unspecified atom stereocenters. The van der Waals surface area contributed by atoms with Crippen molar-refractivity contribution in [2.45, 2.75) is 12.2 Å². The maximum absolute atomic E-state index is 13.1. The number of halogens is 5. The van der Waals surface area contributed by atoms with Gasteiger partial charge in [0.2, 0.25) is 0 Å². The van der Waals surface area contributed by atoms with Gasteiger partial charge in [0.15, 0.2) is 0 Å². The van der Waals surface area contributed by atoms with Crippen LogP contribution in [0.1, 0.15) is 9.67 Å². The van der Waals surface area contributed by atoms with Gasteiger partial charge >= 0.3 is 6.18 Å². The molecule has 2 rings (SSSR count). The number of rotatable bonds is 4. The molecule has 1 aromatic heterocycles. The number of thiophene rings is 1. The lowest BCUT2D eigenvalue weighted by molar-refractivity contribution is -0.183. The molecule has 22 heavy (non-hydrogen) atoms. The van der Waals surface area contributed by atoms with E-state index in [0.29, 0.717) is 35.4 Å². The molecule has 0 radical (unpaired) electrons. The smallest absolute Gasteiger partial charge is 0.349 e. The van der Waals surface area contributed by atoms with Gasteiger partial charge in [-0.15, -0.1) is 23.7 Å². The Balaban J connectivity index is 0.00000242. The van der Waals surface area contributed by atoms with Crippen LogP contribution in [-0.4, -0.2) is 55.7 Å². The molecule has 0 saturated carbocycles. The summed E-state index contributed by atoms with van der Waals surface area (Å²) < 4.78 is 39.8. The molecule has 1 saturated heterocycles. The zero-order valence-electron chi connectivity index (χ0n) is 11.5. The quantitative estimate of drug-likeness (QED) is 0.846. The molecule has 0 spiro atoms. The van der Waals surface area contributed by atoms with Crippen molar-refractivity contribution in [1.82, 2.24) is 15.5 Å². The number of nitrogens with zero attached hydrogens (tertiary/aromatic N) is 1. The fraction of sp³-hybridized carbons (Fsp3) is 0.583. The SMILES string of the molecule is Cl.O=C(NCC(N1CCNCC1)C(F)(F)F)c1ccc(Cl)s1. The molecule has 1 atom stereocenters. The minimum Gasteiger partial charge on any atom is -0.349 e. The molecule has 4 nitrogen and oxygen atoms in total. The number of amides is 1. The maximum atomic E-state index is 13.1. The second-order valence-electron chi connectivity index (χ2n) is 4.66. The average molecular weight is 378 g/mol. The summed E-state index contributed by atoms with van der Waals surface area (Å²) in [5, 5.41) is 5.35. The van der Waals surface area contributed by atoms with Gasteiger partial charge in [0.05, 0.1) is 9.21 Å². The van der Waals surface area contributed by atoms with E-state index in [2.05, 4.69) is 10.6 Å². The number of carbonyl (C=O) groups is 1. The average Bonchev–Trinajstić information content (AvgIpc) is 2.85. The number of hydrogen-bond donors (Lipinski definition) is 2. The Morgan fingerprint density at radius 2 is 2.05 bits per heavy atom. The Hall–Kier alpha value is -0.540. The van der Waals surface area contributed by atoms with Crippen LogP contribution in [0.25, 0.3) is 0 Å². The molecule has 126 valence electrons. The van der Waals surface area contributed by atoms with E-state index in [0.717, 1.165) is 11.3 Å². The van der Waals surface area contributed by atoms with E-state index >= 15 is 0 Å². The molecule has 1 aromatic rings. The Kier molecular flexibility index (Phi) is 7.40. The van der Waals surface area contributed by atoms with Crippen LogP contribution in [0.2, 0.25) is 4.34 Å². The van der Waals surface area contributed by atoms with Gasteiger partial charge in [0, 0.05) is 32.7 Å². The van der Waals surface area contributed by atoms with Crippen molar-refractivity contribution in [3.05, 3.63) is 21.3 Å². The van der Waals surface area contributed by atoms with Gasteiger partial charge in [0.1, 0.15) is 6.04 Å². The predicted octanol–water partition coefficient (Wildman–Crippen LogP) is 2.39. The van der Waals surface area contributed by atoms with Gasteiger partial charge in [-0.2, -0.15) is 13.2 Å². The van der Waals surface area contributed by atoms with E-state index in [1.807, 2.05) is 0 Å². The third kappa shape index (κ3) is 5.27. The van der Waals surface area contributed by atoms with Crippen LogP contribution in [0.5, 0.6) is 0 Å². The van der Waals surface area contributed by atoms with Gasteiger partial charge in [-0.05, 0) is 12.1 Å². The van der Waals surface area contributed by atoms with E-state index < -0.39 is 24.7 Å². The molecular formula is C12H16Cl2F3N3OS. The lowest BCUT2D eigenvalue weighted by Crippen LogP contribution is -2.57. The van der Waals surface area contributed by atoms with E-state index in [9.17, 15) is 18.0 Å². The van der Waals surface area contributed by atoms with Crippen LogP contribution in [0.15, 0.2) is 12.1 Å². The third-order valence-corrected chi connectivity index (χ3v) is 4.45. The summed E-state index contributed by atoms with van der Waals surface area (Å²) in [5.41, 5.74) is 0. The molecule has 2 N–H and O–H groups in total. The van der Waals surface area contributed by atoms with Crippen LogP contribution in [0, 0.1) is 0 Å². The van der Waals surface area contributed by atoms with E-state index in [1.165, 1.54) is 11.0 Å². The maximum Gasteiger partial charge on any atom is 0.405 e. The lowest BCUT2D eigenvalue weighted by atomic mass is 10.2. The molecule has 0 bridgehead atoms. The largest absolute Gasteiger partial charge is 0.405 e. The first kappa shape index (κ1) is 19.5. The normalized spacial score (nSPS) is 17.6. The van der Waals surface area contributed by atoms with Crippen LogP contribution in [0.4, 0.5) is 13.2 Å². The van der Waals surface area contributed by atoms with Crippen LogP contribution >= 0.6 is 35.3 Å². The number of hydrogen-bond acceptors (Lipinski definition) is 4. The number of piperazine rings is 1. The monoisotopic (exact) mass is 377 g/mol. The highest BCUT2D eigenvalue weighted by Gasteiger charge is 2.43. The van der Waals surface area contributed by atoms with E-state index in [-0.39, 0.29) is 12.4 Å². The number of carbonyl (C=O) groups excluding carboxylic acids is 1. The van der Waals surface area contributed by atoms with Crippen LogP contribution in [-0.2, 0) is 0 Å². The summed E-state index contributed by atoms with van der Waals surface area (Å²) in [6, 6.07) is 1.37. The summed E-state index contributed by atoms with van der Waals surface area (Å²) in [6.45, 7) is 1.19. The summed E-state index contributed by atoms with van der Waals surface area (Å²) in [7, 11) is 0. The topological polar surface area (TPSA) is 44.4 Å². The first-order valence-corrected chi connectivity index (χ1v) is 7.62. The Morgan fingerprint density at radius 3 is 2.55 bits per heavy atom. The summed E-state index contributed by atoms with van der Waals surface area (Å²) in [5.74, 6) is -0.531. The highest BCUT2D eigenvalue weighted by Crippen LogP contribution is 2.25. The fourth-order valence-corrected chi connectivity index (χ4v) is 3.12. The summed E-state index contributed by atoms with van der Waals surface area (Å²) in [6.07, 6.45) is -4.38. The predicted molar refractivity (Wildman–Crippen MR) is 83.2 cm³/mol. The standard InChI is InChI=1S/C12H15ClF3N3OS.ClH/c13-10-2-1-8(21-10)11(20)18-7-9(12(14,15)16)19-5-3-17-4-6-19;/h1-2,9,17H,3-7H2,(H,18,20);1H. The van der Waals surface area contributed by atoms with Crippen LogP contribution < -0.4 is 10.6 Å². The highest BCUT2D eigenvalue weighted by atomic mass is 35.5. The van der Waals surface area contributed by atoms with Gasteiger partial charge in [-0.25, -0.2) is 0 Å². The van der Waals surface area contributed by atoms with E-state index in [4.69, 9.17) is 11.6 Å². The molecule has 1 aliphatic rings. The minimum atomic E-state index is -4.38. The zero-order chi connectivity index (χ0) is 15.5. The first-order chi connectivity index (χ1) is 9.88. The summed E-state index contributed by atoms with van der Waals surface area (Å²) in [4.78, 5) is 13.5. The second kappa shape index (κ2) is 8.35. The highest BCUT2D eigenvalue weighted by molar-refractivity contribution is 7.17. The molecule has 0 aromatic carbocycles. The molecule has 0 aliphatic carbocycles. The van der Waals surface area contributed by atoms with Gasteiger partial charge in [0.25, 0.3) is 5.91 Å². The zero-order valence-corrected chi connectivity index (χ0v) is 13.8. The number of alkyl halides is 3. The Labute approximate surface area is 141 Å². The molecule has 10 heteroatoms. The van der Waals surface area contributed by atoms with Crippen molar-refractivity contribution in [2.24, 2.45) is 0 Å². The van der Waals surface area contributed by atoms with E-state index in [1.54, 1.807) is 6.07 Å². The lowest BCUT2D eigenvalue weighted by Gasteiger charge is -2.35. The molecule has 1 fully saturated rings. The molecule has 1 aliphatic heterocycles. The fourth-order valence-electron chi connectivity index (χ4n) is 2.16. The molecule has 2 heterocycles.